The minimum absolute atomic E-state index is 0.564. The number of H-pyrrole nitrogens is 1. The van der Waals surface area contributed by atoms with Gasteiger partial charge in [0.05, 0.1) is 11.8 Å². The number of nitrogens with zero attached hydrogens (tertiary/aromatic N) is 3. The van der Waals surface area contributed by atoms with Crippen molar-refractivity contribution < 1.29 is 4.42 Å². The fraction of sp³-hybridized carbons (Fsp3) is 0. The van der Waals surface area contributed by atoms with Crippen LogP contribution in [0, 0.1) is 6.26 Å². The lowest BCUT2D eigenvalue weighted by Gasteiger charge is -1.79. The van der Waals surface area contributed by atoms with E-state index < -0.39 is 0 Å². The molecule has 2 rings (SSSR count). The molecule has 0 fully saturated rings. The lowest BCUT2D eigenvalue weighted by molar-refractivity contribution is 0.559. The van der Waals surface area contributed by atoms with Crippen LogP contribution in [0.4, 0.5) is 0 Å². The second kappa shape index (κ2) is 1.94. The summed E-state index contributed by atoms with van der Waals surface area (Å²) in [5.74, 6) is 0.564. The zero-order valence-corrected chi connectivity index (χ0v) is 4.90. The number of rotatable bonds is 1. The largest absolute Gasteiger partial charge is 0.460 e. The number of aromatic nitrogens is 4. The predicted molar refractivity (Wildman–Crippen MR) is 30.7 cm³/mol. The maximum atomic E-state index is 4.70. The molecule has 2 aromatic heterocycles. The lowest BCUT2D eigenvalue weighted by atomic mass is 10.3. The second-order valence-electron chi connectivity index (χ2n) is 1.69. The highest BCUT2D eigenvalue weighted by atomic mass is 16.3. The molecule has 0 aromatic carbocycles. The van der Waals surface area contributed by atoms with Crippen molar-refractivity contribution in [3.8, 4) is 11.4 Å². The van der Waals surface area contributed by atoms with Gasteiger partial charge in [-0.25, -0.2) is 5.10 Å². The van der Waals surface area contributed by atoms with Crippen LogP contribution in [0.1, 0.15) is 0 Å². The Balaban J connectivity index is 2.48. The first kappa shape index (κ1) is 5.16. The molecule has 0 aliphatic carbocycles. The van der Waals surface area contributed by atoms with Gasteiger partial charge in [-0.15, -0.1) is 5.10 Å². The lowest BCUT2D eigenvalue weighted by Crippen LogP contribution is -1.75. The maximum absolute atomic E-state index is 4.70. The third-order valence-electron chi connectivity index (χ3n) is 1.07. The van der Waals surface area contributed by atoms with Gasteiger partial charge >= 0.3 is 0 Å². The van der Waals surface area contributed by atoms with Gasteiger partial charge in [-0.05, 0) is 16.5 Å². The van der Waals surface area contributed by atoms with Gasteiger partial charge in [0.1, 0.15) is 0 Å². The molecule has 0 spiro atoms. The van der Waals surface area contributed by atoms with Crippen molar-refractivity contribution in [1.82, 2.24) is 20.6 Å². The van der Waals surface area contributed by atoms with Gasteiger partial charge in [-0.1, -0.05) is 0 Å². The molecular formula is C5H3N4O. The van der Waals surface area contributed by atoms with E-state index in [1.165, 1.54) is 6.26 Å². The molecule has 0 saturated carbocycles. The monoisotopic (exact) mass is 135 g/mol. The van der Waals surface area contributed by atoms with Crippen LogP contribution >= 0.6 is 0 Å². The standard InChI is InChI=1S/C5H3N4O/c1-2-10-3-4(1)5-6-8-9-7-5/h1-2H,(H,6,7,8,9). The number of hydrogen-bond acceptors (Lipinski definition) is 4. The molecule has 0 saturated heterocycles. The van der Waals surface area contributed by atoms with E-state index in [1.807, 2.05) is 0 Å². The summed E-state index contributed by atoms with van der Waals surface area (Å²) in [6.07, 6.45) is 4.10. The average molecular weight is 135 g/mol. The Labute approximate surface area is 56.1 Å². The van der Waals surface area contributed by atoms with Crippen LogP contribution in [0.2, 0.25) is 0 Å². The van der Waals surface area contributed by atoms with E-state index in [4.69, 9.17) is 4.42 Å². The molecule has 2 heterocycles. The first-order chi connectivity index (χ1) is 4.97. The Kier molecular flexibility index (Phi) is 1.00. The van der Waals surface area contributed by atoms with Gasteiger partial charge in [-0.2, -0.15) is 0 Å². The van der Waals surface area contributed by atoms with E-state index in [9.17, 15) is 0 Å². The summed E-state index contributed by atoms with van der Waals surface area (Å²) in [7, 11) is 0. The molecule has 5 nitrogen and oxygen atoms in total. The number of hydrogen-bond donors (Lipinski definition) is 1. The van der Waals surface area contributed by atoms with Gasteiger partial charge in [0.2, 0.25) is 0 Å². The van der Waals surface area contributed by atoms with Crippen molar-refractivity contribution in [3.63, 3.8) is 0 Å². The van der Waals surface area contributed by atoms with Crippen LogP contribution in [-0.2, 0) is 0 Å². The maximum Gasteiger partial charge on any atom is 0.183 e. The molecule has 0 amide bonds. The van der Waals surface area contributed by atoms with E-state index in [-0.39, 0.29) is 0 Å². The Morgan fingerprint density at radius 3 is 3.20 bits per heavy atom. The first-order valence-corrected chi connectivity index (χ1v) is 2.66. The van der Waals surface area contributed by atoms with Crippen molar-refractivity contribution in [1.29, 1.82) is 0 Å². The highest BCUT2D eigenvalue weighted by molar-refractivity contribution is 5.49. The van der Waals surface area contributed by atoms with Gasteiger partial charge in [0.25, 0.3) is 0 Å². The molecule has 2 aromatic rings. The molecule has 10 heavy (non-hydrogen) atoms. The molecule has 1 radical (unpaired) electrons. The Hall–Kier alpha value is -1.65. The average Bonchev–Trinajstić information content (AvgIpc) is 2.59. The van der Waals surface area contributed by atoms with Gasteiger partial charge < -0.3 is 4.42 Å². The minimum atomic E-state index is 0.564. The fourth-order valence-electron chi connectivity index (χ4n) is 0.634. The van der Waals surface area contributed by atoms with Gasteiger partial charge in [0, 0.05) is 0 Å². The highest BCUT2D eigenvalue weighted by Crippen LogP contribution is 2.10. The Bertz CT molecular complexity index is 253. The third kappa shape index (κ3) is 0.680. The van der Waals surface area contributed by atoms with Crippen molar-refractivity contribution in [2.24, 2.45) is 0 Å². The van der Waals surface area contributed by atoms with Crippen LogP contribution in [0.25, 0.3) is 11.4 Å². The van der Waals surface area contributed by atoms with Crippen molar-refractivity contribution >= 4 is 0 Å². The summed E-state index contributed by atoms with van der Waals surface area (Å²) < 4.78 is 4.70. The Morgan fingerprint density at radius 1 is 1.60 bits per heavy atom. The second-order valence-corrected chi connectivity index (χ2v) is 1.69. The van der Waals surface area contributed by atoms with E-state index >= 15 is 0 Å². The molecule has 0 aliphatic rings. The normalized spacial score (nSPS) is 10.0. The molecule has 0 atom stereocenters. The van der Waals surface area contributed by atoms with E-state index in [0.29, 0.717) is 5.82 Å². The number of tetrazole rings is 1. The van der Waals surface area contributed by atoms with Crippen LogP contribution in [0.5, 0.6) is 0 Å². The van der Waals surface area contributed by atoms with E-state index in [1.54, 1.807) is 6.07 Å². The SMILES string of the molecule is [c]1occc1-c1nnn[nH]1. The predicted octanol–water partition coefficient (Wildman–Crippen LogP) is 0.260. The quantitative estimate of drug-likeness (QED) is 0.609. The van der Waals surface area contributed by atoms with Gasteiger partial charge in [0.15, 0.2) is 12.1 Å². The minimum Gasteiger partial charge on any atom is -0.460 e. The zero-order chi connectivity index (χ0) is 6.81. The number of nitrogens with one attached hydrogen (secondary N) is 1. The molecule has 0 bridgehead atoms. The van der Waals surface area contributed by atoms with Crippen LogP contribution in [0.3, 0.4) is 0 Å². The number of furan rings is 1. The van der Waals surface area contributed by atoms with E-state index in [0.717, 1.165) is 5.56 Å². The van der Waals surface area contributed by atoms with Crippen molar-refractivity contribution in [2.45, 2.75) is 0 Å². The topological polar surface area (TPSA) is 67.6 Å². The molecular weight excluding hydrogens is 132 g/mol. The highest BCUT2D eigenvalue weighted by Gasteiger charge is 2.01. The van der Waals surface area contributed by atoms with Crippen molar-refractivity contribution in [2.75, 3.05) is 0 Å². The Morgan fingerprint density at radius 2 is 2.60 bits per heavy atom. The van der Waals surface area contributed by atoms with Crippen LogP contribution in [0.15, 0.2) is 16.7 Å². The summed E-state index contributed by atoms with van der Waals surface area (Å²) in [6.45, 7) is 0. The summed E-state index contributed by atoms with van der Waals surface area (Å²) in [5.41, 5.74) is 0.727. The first-order valence-electron chi connectivity index (χ1n) is 2.66. The fourth-order valence-corrected chi connectivity index (χ4v) is 0.634. The summed E-state index contributed by atoms with van der Waals surface area (Å²) >= 11 is 0. The molecule has 5 heteroatoms. The summed E-state index contributed by atoms with van der Waals surface area (Å²) in [4.78, 5) is 0. The smallest absolute Gasteiger partial charge is 0.183 e. The van der Waals surface area contributed by atoms with Gasteiger partial charge in [-0.3, -0.25) is 0 Å². The van der Waals surface area contributed by atoms with Crippen LogP contribution in [-0.4, -0.2) is 20.6 Å². The molecule has 1 N–H and O–H groups in total. The van der Waals surface area contributed by atoms with Crippen molar-refractivity contribution in [3.05, 3.63) is 18.6 Å². The van der Waals surface area contributed by atoms with Crippen LogP contribution < -0.4 is 0 Å². The summed E-state index contributed by atoms with van der Waals surface area (Å²) in [5, 5.41) is 13.0. The summed E-state index contributed by atoms with van der Waals surface area (Å²) in [6, 6.07) is 1.72. The molecule has 0 unspecified atom stereocenters. The third-order valence-corrected chi connectivity index (χ3v) is 1.07. The molecule has 49 valence electrons. The molecule has 0 aliphatic heterocycles. The van der Waals surface area contributed by atoms with E-state index in [2.05, 4.69) is 26.9 Å². The number of aromatic amines is 1. The zero-order valence-electron chi connectivity index (χ0n) is 4.90.